The normalized spacial score (nSPS) is 10.6. The summed E-state index contributed by atoms with van der Waals surface area (Å²) in [7, 11) is 5.13. The Bertz CT molecular complexity index is 735. The van der Waals surface area contributed by atoms with Crippen molar-refractivity contribution in [3.8, 4) is 17.2 Å². The third kappa shape index (κ3) is 4.13. The van der Waals surface area contributed by atoms with Crippen LogP contribution < -0.4 is 24.0 Å². The Kier molecular flexibility index (Phi) is 5.93. The quantitative estimate of drug-likeness (QED) is 0.458. The van der Waals surface area contributed by atoms with Gasteiger partial charge >= 0.3 is 157 Å². The van der Waals surface area contributed by atoms with Crippen molar-refractivity contribution in [1.82, 2.24) is 0 Å². The van der Waals surface area contributed by atoms with E-state index in [1.54, 1.807) is 21.3 Å². The Morgan fingerprint density at radius 3 is 1.12 bits per heavy atom. The second-order valence-corrected chi connectivity index (χ2v) is 14.1. The Hall–Kier alpha value is -2.06. The Labute approximate surface area is 156 Å². The molecule has 25 heavy (non-hydrogen) atoms. The number of ether oxygens (including phenoxy) is 3. The van der Waals surface area contributed by atoms with Crippen molar-refractivity contribution in [2.24, 2.45) is 0 Å². The first-order valence-corrected chi connectivity index (χ1v) is 13.2. The fourth-order valence-electron chi connectivity index (χ4n) is 2.70. The van der Waals surface area contributed by atoms with Gasteiger partial charge in [0, 0.05) is 0 Å². The van der Waals surface area contributed by atoms with Crippen LogP contribution in [0.5, 0.6) is 17.2 Å². The average Bonchev–Trinajstić information content (AvgIpc) is 2.68. The zero-order chi connectivity index (χ0) is 17.6. The zero-order valence-corrected chi connectivity index (χ0v) is 18.1. The van der Waals surface area contributed by atoms with Gasteiger partial charge in [-0.05, 0) is 0 Å². The molecule has 0 aliphatic carbocycles. The summed E-state index contributed by atoms with van der Waals surface area (Å²) in [5.41, 5.74) is 0. The molecule has 0 fully saturated rings. The van der Waals surface area contributed by atoms with Crippen LogP contribution >= 0.6 is 0 Å². The van der Waals surface area contributed by atoms with Crippen LogP contribution in [0.15, 0.2) is 72.8 Å². The molecule has 3 nitrogen and oxygen atoms in total. The summed E-state index contributed by atoms with van der Waals surface area (Å²) in [6.07, 6.45) is 0. The molecule has 0 spiro atoms. The van der Waals surface area contributed by atoms with Crippen LogP contribution in [0.25, 0.3) is 0 Å². The van der Waals surface area contributed by atoms with E-state index in [4.69, 9.17) is 14.2 Å². The zero-order valence-electron chi connectivity index (χ0n) is 14.6. The van der Waals surface area contributed by atoms with E-state index in [-0.39, 0.29) is 0 Å². The van der Waals surface area contributed by atoms with Gasteiger partial charge in [-0.1, -0.05) is 0 Å². The van der Waals surface area contributed by atoms with E-state index in [2.05, 4.69) is 54.6 Å². The van der Waals surface area contributed by atoms with Crippen molar-refractivity contribution >= 4 is 31.6 Å². The average molecular weight is 530 g/mol. The first kappa shape index (κ1) is 17.8. The standard InChI is InChI=1S/3C7H7O.Bi/c3*1-8-7-5-3-2-4-6-7;/h3*2-3,5-6H,1H3;. The minimum absolute atomic E-state index is 0.892. The van der Waals surface area contributed by atoms with Gasteiger partial charge in [-0.2, -0.15) is 0 Å². The maximum absolute atomic E-state index is 5.45. The third-order valence-corrected chi connectivity index (χ3v) is 13.2. The van der Waals surface area contributed by atoms with E-state index >= 15 is 0 Å². The van der Waals surface area contributed by atoms with E-state index in [1.165, 1.54) is 9.81 Å². The molecule has 0 aromatic heterocycles. The maximum atomic E-state index is 5.45. The summed E-state index contributed by atoms with van der Waals surface area (Å²) >= 11 is -2.48. The summed E-state index contributed by atoms with van der Waals surface area (Å²) in [4.78, 5) is 0. The van der Waals surface area contributed by atoms with Crippen LogP contribution in [0, 0.1) is 0 Å². The van der Waals surface area contributed by atoms with Crippen LogP contribution in [-0.2, 0) is 0 Å². The second kappa shape index (κ2) is 8.35. The molecule has 0 radical (unpaired) electrons. The molecule has 0 amide bonds. The molecule has 128 valence electrons. The molecule has 0 aliphatic heterocycles. The van der Waals surface area contributed by atoms with Gasteiger partial charge < -0.3 is 0 Å². The monoisotopic (exact) mass is 530 g/mol. The van der Waals surface area contributed by atoms with Crippen molar-refractivity contribution in [3.05, 3.63) is 72.8 Å². The van der Waals surface area contributed by atoms with Gasteiger partial charge in [0.25, 0.3) is 0 Å². The molecule has 0 saturated carbocycles. The minimum atomic E-state index is -2.48. The van der Waals surface area contributed by atoms with E-state index in [0.29, 0.717) is 0 Å². The molecule has 0 N–H and O–H groups in total. The first-order valence-electron chi connectivity index (χ1n) is 7.97. The molecule has 3 aromatic rings. The Morgan fingerprint density at radius 1 is 0.520 bits per heavy atom. The van der Waals surface area contributed by atoms with Crippen molar-refractivity contribution in [1.29, 1.82) is 0 Å². The van der Waals surface area contributed by atoms with Gasteiger partial charge in [-0.25, -0.2) is 0 Å². The number of rotatable bonds is 6. The van der Waals surface area contributed by atoms with Crippen LogP contribution in [0.1, 0.15) is 0 Å². The number of benzene rings is 3. The summed E-state index contributed by atoms with van der Waals surface area (Å²) < 4.78 is 20.4. The SMILES string of the molecule is COc1ccc[c]([Bi]([c]2cccc(OC)c2)[c]2cccc(OC)c2)c1. The molecule has 0 atom stereocenters. The number of hydrogen-bond acceptors (Lipinski definition) is 3. The Morgan fingerprint density at radius 2 is 0.840 bits per heavy atom. The van der Waals surface area contributed by atoms with Crippen LogP contribution in [-0.4, -0.2) is 43.1 Å². The van der Waals surface area contributed by atoms with Crippen LogP contribution in [0.2, 0.25) is 0 Å². The first-order chi connectivity index (χ1) is 12.2. The molecule has 0 bridgehead atoms. The van der Waals surface area contributed by atoms with Crippen molar-refractivity contribution in [2.45, 2.75) is 0 Å². The fourth-order valence-corrected chi connectivity index (χ4v) is 11.9. The van der Waals surface area contributed by atoms with Crippen molar-refractivity contribution < 1.29 is 14.2 Å². The summed E-state index contributed by atoms with van der Waals surface area (Å²) in [5.74, 6) is 2.68. The summed E-state index contributed by atoms with van der Waals surface area (Å²) in [6, 6.07) is 25.3. The second-order valence-electron chi connectivity index (χ2n) is 5.44. The molecular formula is C21H21BiO3. The number of methoxy groups -OCH3 is 3. The molecule has 4 heteroatoms. The third-order valence-electron chi connectivity index (χ3n) is 3.93. The van der Waals surface area contributed by atoms with Gasteiger partial charge in [-0.3, -0.25) is 0 Å². The van der Waals surface area contributed by atoms with E-state index in [9.17, 15) is 0 Å². The predicted molar refractivity (Wildman–Crippen MR) is 104 cm³/mol. The molecule has 0 unspecified atom stereocenters. The number of hydrogen-bond donors (Lipinski definition) is 0. The van der Waals surface area contributed by atoms with Gasteiger partial charge in [0.05, 0.1) is 0 Å². The molecular weight excluding hydrogens is 509 g/mol. The van der Waals surface area contributed by atoms with Crippen molar-refractivity contribution in [2.75, 3.05) is 21.3 Å². The van der Waals surface area contributed by atoms with Gasteiger partial charge in [0.2, 0.25) is 0 Å². The van der Waals surface area contributed by atoms with Gasteiger partial charge in [0.1, 0.15) is 0 Å². The van der Waals surface area contributed by atoms with E-state index < -0.39 is 21.8 Å². The molecule has 0 aliphatic rings. The van der Waals surface area contributed by atoms with Gasteiger partial charge in [0.15, 0.2) is 0 Å². The van der Waals surface area contributed by atoms with Gasteiger partial charge in [-0.15, -0.1) is 0 Å². The molecule has 0 heterocycles. The topological polar surface area (TPSA) is 27.7 Å². The predicted octanol–water partition coefficient (Wildman–Crippen LogP) is 2.23. The van der Waals surface area contributed by atoms with Crippen molar-refractivity contribution in [3.63, 3.8) is 0 Å². The fraction of sp³-hybridized carbons (Fsp3) is 0.143. The molecule has 0 saturated heterocycles. The van der Waals surface area contributed by atoms with Crippen LogP contribution in [0.4, 0.5) is 0 Å². The molecule has 3 aromatic carbocycles. The van der Waals surface area contributed by atoms with E-state index in [1.807, 2.05) is 18.2 Å². The Balaban J connectivity index is 2.16. The van der Waals surface area contributed by atoms with E-state index in [0.717, 1.165) is 17.2 Å². The summed E-state index contributed by atoms with van der Waals surface area (Å²) in [5, 5.41) is 0. The summed E-state index contributed by atoms with van der Waals surface area (Å²) in [6.45, 7) is 0. The molecule has 3 rings (SSSR count). The van der Waals surface area contributed by atoms with Crippen LogP contribution in [0.3, 0.4) is 0 Å².